The van der Waals surface area contributed by atoms with Crippen LogP contribution in [0.2, 0.25) is 0 Å². The van der Waals surface area contributed by atoms with Crippen LogP contribution in [-0.2, 0) is 6.54 Å². The van der Waals surface area contributed by atoms with Crippen LogP contribution < -0.4 is 5.32 Å². The second-order valence-electron chi connectivity index (χ2n) is 4.16. The Hall–Kier alpha value is -1.83. The number of hydrogen-bond acceptors (Lipinski definition) is 3. The van der Waals surface area contributed by atoms with E-state index in [0.29, 0.717) is 10.9 Å². The highest BCUT2D eigenvalue weighted by Gasteiger charge is 2.13. The summed E-state index contributed by atoms with van der Waals surface area (Å²) >= 11 is 6.67. The van der Waals surface area contributed by atoms with Gasteiger partial charge in [-0.3, -0.25) is 0 Å². The summed E-state index contributed by atoms with van der Waals surface area (Å²) in [6.45, 7) is 0.680. The van der Waals surface area contributed by atoms with Crippen LogP contribution in [0.25, 0.3) is 0 Å². The van der Waals surface area contributed by atoms with Gasteiger partial charge in [0, 0.05) is 6.54 Å². The molecule has 0 saturated carbocycles. The number of nitriles is 1. The summed E-state index contributed by atoms with van der Waals surface area (Å²) in [6.07, 6.45) is 0. The molecule has 100 valence electrons. The molecule has 0 fully saturated rings. The molecule has 0 spiro atoms. The molecule has 0 heterocycles. The average Bonchev–Trinajstić information content (AvgIpc) is 2.52. The van der Waals surface area contributed by atoms with Gasteiger partial charge in [0.25, 0.3) is 0 Å². The summed E-state index contributed by atoms with van der Waals surface area (Å²) in [5.41, 5.74) is 2.15. The molecule has 2 aromatic rings. The van der Waals surface area contributed by atoms with Gasteiger partial charge in [-0.15, -0.1) is 0 Å². The van der Waals surface area contributed by atoms with E-state index in [1.165, 1.54) is 17.3 Å². The van der Waals surface area contributed by atoms with Crippen LogP contribution in [-0.4, -0.2) is 4.32 Å². The minimum absolute atomic E-state index is 0.271. The highest BCUT2D eigenvalue weighted by Crippen LogP contribution is 2.28. The zero-order valence-corrected chi connectivity index (χ0v) is 12.5. The van der Waals surface area contributed by atoms with Crippen molar-refractivity contribution < 1.29 is 0 Å². The van der Waals surface area contributed by atoms with Crippen molar-refractivity contribution in [3.05, 3.63) is 71.8 Å². The molecule has 1 N–H and O–H groups in total. The topological polar surface area (TPSA) is 35.8 Å². The van der Waals surface area contributed by atoms with Gasteiger partial charge in [0.05, 0.1) is 6.07 Å². The van der Waals surface area contributed by atoms with E-state index in [0.717, 1.165) is 5.56 Å². The maximum Gasteiger partial charge on any atom is 0.135 e. The first-order valence-electron chi connectivity index (χ1n) is 6.22. The maximum absolute atomic E-state index is 9.26. The number of nitrogens with one attached hydrogen (secondary N) is 1. The van der Waals surface area contributed by atoms with Gasteiger partial charge in [0.15, 0.2) is 0 Å². The molecule has 2 aromatic carbocycles. The highest BCUT2D eigenvalue weighted by atomic mass is 32.2. The van der Waals surface area contributed by atoms with Crippen molar-refractivity contribution in [1.82, 2.24) is 5.32 Å². The molecule has 0 aromatic heterocycles. The fraction of sp³-hybridized carbons (Fsp3) is 0.125. The van der Waals surface area contributed by atoms with Crippen molar-refractivity contribution in [3.63, 3.8) is 0 Å². The van der Waals surface area contributed by atoms with Gasteiger partial charge in [-0.25, -0.2) is 0 Å². The predicted molar refractivity (Wildman–Crippen MR) is 88.3 cm³/mol. The van der Waals surface area contributed by atoms with E-state index >= 15 is 0 Å². The maximum atomic E-state index is 9.26. The Labute approximate surface area is 128 Å². The lowest BCUT2D eigenvalue weighted by Crippen LogP contribution is -2.18. The highest BCUT2D eigenvalue weighted by molar-refractivity contribution is 8.23. The van der Waals surface area contributed by atoms with Crippen molar-refractivity contribution in [3.8, 4) is 6.07 Å². The SMILES string of the molecule is N#CC(SC(=S)NCc1ccccc1)c1ccccc1. The predicted octanol–water partition coefficient (Wildman–Crippen LogP) is 4.06. The zero-order chi connectivity index (χ0) is 14.2. The lowest BCUT2D eigenvalue weighted by atomic mass is 10.2. The molecule has 0 aliphatic heterocycles. The second-order valence-corrected chi connectivity index (χ2v) is 5.95. The Morgan fingerprint density at radius 2 is 1.70 bits per heavy atom. The van der Waals surface area contributed by atoms with Crippen LogP contribution in [0.3, 0.4) is 0 Å². The van der Waals surface area contributed by atoms with Gasteiger partial charge < -0.3 is 5.32 Å². The molecule has 0 aliphatic rings. The van der Waals surface area contributed by atoms with Gasteiger partial charge in [-0.05, 0) is 11.1 Å². The Kier molecular flexibility index (Phi) is 5.60. The lowest BCUT2D eigenvalue weighted by molar-refractivity contribution is 0.939. The van der Waals surface area contributed by atoms with Gasteiger partial charge in [0.1, 0.15) is 9.57 Å². The van der Waals surface area contributed by atoms with Crippen molar-refractivity contribution in [1.29, 1.82) is 5.26 Å². The van der Waals surface area contributed by atoms with Crippen LogP contribution in [0.1, 0.15) is 16.4 Å². The monoisotopic (exact) mass is 298 g/mol. The Morgan fingerprint density at radius 1 is 1.10 bits per heavy atom. The minimum atomic E-state index is -0.271. The van der Waals surface area contributed by atoms with Crippen LogP contribution in [0.4, 0.5) is 0 Å². The summed E-state index contributed by atoms with van der Waals surface area (Å²) < 4.78 is 0.643. The third-order valence-electron chi connectivity index (χ3n) is 2.72. The number of rotatable bonds is 4. The second kappa shape index (κ2) is 7.68. The van der Waals surface area contributed by atoms with Gasteiger partial charge in [0.2, 0.25) is 0 Å². The zero-order valence-electron chi connectivity index (χ0n) is 10.8. The molecule has 0 bridgehead atoms. The van der Waals surface area contributed by atoms with Crippen molar-refractivity contribution in [2.45, 2.75) is 11.8 Å². The molecule has 4 heteroatoms. The van der Waals surface area contributed by atoms with Gasteiger partial charge >= 0.3 is 0 Å². The first-order valence-corrected chi connectivity index (χ1v) is 7.51. The molecular formula is C16H14N2S2. The number of hydrogen-bond donors (Lipinski definition) is 1. The Balaban J connectivity index is 1.89. The fourth-order valence-corrected chi connectivity index (χ4v) is 2.79. The van der Waals surface area contributed by atoms with Crippen molar-refractivity contribution >= 4 is 28.3 Å². The van der Waals surface area contributed by atoms with E-state index in [9.17, 15) is 5.26 Å². The van der Waals surface area contributed by atoms with E-state index in [2.05, 4.69) is 11.4 Å². The lowest BCUT2D eigenvalue weighted by Gasteiger charge is -2.11. The third-order valence-corrected chi connectivity index (χ3v) is 4.13. The molecule has 2 nitrogen and oxygen atoms in total. The van der Waals surface area contributed by atoms with Crippen LogP contribution in [0.15, 0.2) is 60.7 Å². The number of thiocarbonyl (C=S) groups is 1. The summed E-state index contributed by atoms with van der Waals surface area (Å²) in [5.74, 6) is 0. The normalized spacial score (nSPS) is 11.3. The summed E-state index contributed by atoms with van der Waals surface area (Å²) in [4.78, 5) is 0. The van der Waals surface area contributed by atoms with E-state index in [1.54, 1.807) is 0 Å². The molecule has 0 aliphatic carbocycles. The molecule has 1 unspecified atom stereocenters. The van der Waals surface area contributed by atoms with E-state index in [4.69, 9.17) is 12.2 Å². The number of benzene rings is 2. The first kappa shape index (κ1) is 14.6. The summed E-state index contributed by atoms with van der Waals surface area (Å²) in [5, 5.41) is 12.2. The molecule has 20 heavy (non-hydrogen) atoms. The number of thioether (sulfide) groups is 1. The molecule has 0 amide bonds. The minimum Gasteiger partial charge on any atom is -0.367 e. The van der Waals surface area contributed by atoms with E-state index in [1.807, 2.05) is 60.7 Å². The van der Waals surface area contributed by atoms with Gasteiger partial charge in [-0.1, -0.05) is 84.6 Å². The fourth-order valence-electron chi connectivity index (χ4n) is 1.72. The molecule has 1 atom stereocenters. The van der Waals surface area contributed by atoms with Gasteiger partial charge in [-0.2, -0.15) is 5.26 Å². The standard InChI is InChI=1S/C16H14N2S2/c17-11-15(14-9-5-2-6-10-14)20-16(19)18-12-13-7-3-1-4-8-13/h1-10,15H,12H2,(H,18,19). The quantitative estimate of drug-likeness (QED) is 0.864. The van der Waals surface area contributed by atoms with Crippen LogP contribution >= 0.6 is 24.0 Å². The van der Waals surface area contributed by atoms with Crippen LogP contribution in [0, 0.1) is 11.3 Å². The van der Waals surface area contributed by atoms with Crippen LogP contribution in [0.5, 0.6) is 0 Å². The van der Waals surface area contributed by atoms with E-state index < -0.39 is 0 Å². The van der Waals surface area contributed by atoms with Crippen molar-refractivity contribution in [2.75, 3.05) is 0 Å². The average molecular weight is 298 g/mol. The summed E-state index contributed by atoms with van der Waals surface area (Å²) in [7, 11) is 0. The molecular weight excluding hydrogens is 284 g/mol. The molecule has 0 radical (unpaired) electrons. The summed E-state index contributed by atoms with van der Waals surface area (Å²) in [6, 6.07) is 22.0. The molecule has 2 rings (SSSR count). The Bertz CT molecular complexity index is 591. The van der Waals surface area contributed by atoms with Crippen molar-refractivity contribution in [2.24, 2.45) is 0 Å². The first-order chi connectivity index (χ1) is 9.79. The third kappa shape index (κ3) is 4.37. The molecule has 0 saturated heterocycles. The smallest absolute Gasteiger partial charge is 0.135 e. The Morgan fingerprint density at radius 3 is 2.30 bits per heavy atom. The largest absolute Gasteiger partial charge is 0.367 e. The number of nitrogens with zero attached hydrogens (tertiary/aromatic N) is 1. The van der Waals surface area contributed by atoms with E-state index in [-0.39, 0.29) is 5.25 Å².